The Morgan fingerprint density at radius 3 is 2.44 bits per heavy atom. The van der Waals surface area contributed by atoms with Crippen LogP contribution in [-0.2, 0) is 12.7 Å². The summed E-state index contributed by atoms with van der Waals surface area (Å²) >= 11 is 0. The number of hydrogen-bond acceptors (Lipinski definition) is 3. The second-order valence-electron chi connectivity index (χ2n) is 3.02. The molecule has 0 aliphatic carbocycles. The summed E-state index contributed by atoms with van der Waals surface area (Å²) in [7, 11) is 1.25. The molecule has 1 aromatic carbocycles. The molecule has 0 saturated heterocycles. The molecule has 1 rings (SSSR count). The van der Waals surface area contributed by atoms with E-state index >= 15 is 0 Å². The van der Waals surface area contributed by atoms with Crippen LogP contribution in [0.15, 0.2) is 12.1 Å². The van der Waals surface area contributed by atoms with Crippen molar-refractivity contribution < 1.29 is 17.9 Å². The molecule has 0 spiro atoms. The second-order valence-corrected chi connectivity index (χ2v) is 3.02. The van der Waals surface area contributed by atoms with Gasteiger partial charge in [-0.1, -0.05) is 0 Å². The normalized spacial score (nSPS) is 11.0. The molecule has 86 valence electrons. The van der Waals surface area contributed by atoms with E-state index < -0.39 is 17.3 Å². The maximum absolute atomic E-state index is 12.6. The lowest BCUT2D eigenvalue weighted by molar-refractivity contribution is -0.137. The van der Waals surface area contributed by atoms with Crippen molar-refractivity contribution in [2.24, 2.45) is 5.73 Å². The smallest absolute Gasteiger partial charge is 0.417 e. The highest BCUT2D eigenvalue weighted by Crippen LogP contribution is 2.35. The molecule has 0 atom stereocenters. The molecule has 0 amide bonds. The Hall–Kier alpha value is -1.74. The van der Waals surface area contributed by atoms with Gasteiger partial charge in [-0.25, -0.2) is 0 Å². The van der Waals surface area contributed by atoms with Crippen LogP contribution in [0.1, 0.15) is 16.7 Å². The number of hydrogen-bond donors (Lipinski definition) is 1. The SMILES string of the molecule is COc1cc(CN)c(C#N)c(C(F)(F)F)c1. The van der Waals surface area contributed by atoms with Crippen molar-refractivity contribution in [1.82, 2.24) is 0 Å². The fourth-order valence-corrected chi connectivity index (χ4v) is 1.31. The van der Waals surface area contributed by atoms with E-state index in [4.69, 9.17) is 15.7 Å². The highest BCUT2D eigenvalue weighted by atomic mass is 19.4. The summed E-state index contributed by atoms with van der Waals surface area (Å²) in [4.78, 5) is 0. The molecule has 16 heavy (non-hydrogen) atoms. The third-order valence-electron chi connectivity index (χ3n) is 2.07. The van der Waals surface area contributed by atoms with Crippen molar-refractivity contribution in [2.75, 3.05) is 7.11 Å². The fourth-order valence-electron chi connectivity index (χ4n) is 1.31. The van der Waals surface area contributed by atoms with Crippen LogP contribution in [0.3, 0.4) is 0 Å². The van der Waals surface area contributed by atoms with Gasteiger partial charge in [0.05, 0.1) is 18.2 Å². The average Bonchev–Trinajstić information content (AvgIpc) is 2.25. The van der Waals surface area contributed by atoms with Gasteiger partial charge >= 0.3 is 6.18 Å². The van der Waals surface area contributed by atoms with Crippen molar-refractivity contribution in [3.63, 3.8) is 0 Å². The lowest BCUT2D eigenvalue weighted by Crippen LogP contribution is -2.12. The van der Waals surface area contributed by atoms with Crippen LogP contribution < -0.4 is 10.5 Å². The quantitative estimate of drug-likeness (QED) is 0.845. The van der Waals surface area contributed by atoms with E-state index in [1.54, 1.807) is 0 Å². The number of halogens is 3. The Labute approximate surface area is 90.2 Å². The predicted octanol–water partition coefficient (Wildman–Crippen LogP) is 2.04. The molecule has 0 heterocycles. The van der Waals surface area contributed by atoms with E-state index in [0.29, 0.717) is 0 Å². The van der Waals surface area contributed by atoms with Crippen LogP contribution >= 0.6 is 0 Å². The second kappa shape index (κ2) is 4.41. The zero-order chi connectivity index (χ0) is 12.3. The largest absolute Gasteiger partial charge is 0.497 e. The third-order valence-corrected chi connectivity index (χ3v) is 2.07. The number of methoxy groups -OCH3 is 1. The van der Waals surface area contributed by atoms with Gasteiger partial charge in [-0.2, -0.15) is 18.4 Å². The van der Waals surface area contributed by atoms with Gasteiger partial charge < -0.3 is 10.5 Å². The first-order valence-corrected chi connectivity index (χ1v) is 4.32. The zero-order valence-corrected chi connectivity index (χ0v) is 8.43. The van der Waals surface area contributed by atoms with E-state index in [2.05, 4.69) is 0 Å². The Kier molecular flexibility index (Phi) is 3.40. The number of benzene rings is 1. The summed E-state index contributed by atoms with van der Waals surface area (Å²) in [5.74, 6) is 0.0341. The maximum Gasteiger partial charge on any atom is 0.417 e. The van der Waals surface area contributed by atoms with Gasteiger partial charge in [0, 0.05) is 6.54 Å². The third kappa shape index (κ3) is 2.25. The summed E-state index contributed by atoms with van der Waals surface area (Å²) in [6.45, 7) is -0.150. The van der Waals surface area contributed by atoms with Gasteiger partial charge in [0.25, 0.3) is 0 Å². The van der Waals surface area contributed by atoms with Crippen LogP contribution in [0, 0.1) is 11.3 Å². The number of ether oxygens (including phenoxy) is 1. The van der Waals surface area contributed by atoms with Crippen molar-refractivity contribution in [1.29, 1.82) is 5.26 Å². The molecular weight excluding hydrogens is 221 g/mol. The first kappa shape index (κ1) is 12.3. The standard InChI is InChI=1S/C10H9F3N2O/c1-16-7-2-6(4-14)8(5-15)9(3-7)10(11,12)13/h2-3H,4,14H2,1H3. The first-order chi connectivity index (χ1) is 7.43. The van der Waals surface area contributed by atoms with Crippen LogP contribution in [-0.4, -0.2) is 7.11 Å². The van der Waals surface area contributed by atoms with Gasteiger partial charge in [-0.3, -0.25) is 0 Å². The Morgan fingerprint density at radius 1 is 1.44 bits per heavy atom. The lowest BCUT2D eigenvalue weighted by Gasteiger charge is -2.13. The Bertz CT molecular complexity index is 435. The van der Waals surface area contributed by atoms with E-state index in [1.165, 1.54) is 19.2 Å². The van der Waals surface area contributed by atoms with Crippen molar-refractivity contribution in [3.8, 4) is 11.8 Å². The topological polar surface area (TPSA) is 59.0 Å². The van der Waals surface area contributed by atoms with Crippen molar-refractivity contribution in [3.05, 3.63) is 28.8 Å². The predicted molar refractivity (Wildman–Crippen MR) is 50.6 cm³/mol. The van der Waals surface area contributed by atoms with Gasteiger partial charge in [0.15, 0.2) is 0 Å². The number of nitrogens with two attached hydrogens (primary N) is 1. The molecule has 0 unspecified atom stereocenters. The first-order valence-electron chi connectivity index (χ1n) is 4.32. The van der Waals surface area contributed by atoms with E-state index in [1.807, 2.05) is 0 Å². The molecule has 0 bridgehead atoms. The molecular formula is C10H9F3N2O. The monoisotopic (exact) mass is 230 g/mol. The van der Waals surface area contributed by atoms with E-state index in [0.717, 1.165) is 6.07 Å². The van der Waals surface area contributed by atoms with Crippen LogP contribution in [0.2, 0.25) is 0 Å². The van der Waals surface area contributed by atoms with Crippen LogP contribution in [0.4, 0.5) is 13.2 Å². The molecule has 0 aromatic heterocycles. The number of alkyl halides is 3. The molecule has 0 fully saturated rings. The highest BCUT2D eigenvalue weighted by molar-refractivity contribution is 5.50. The zero-order valence-electron chi connectivity index (χ0n) is 8.43. The van der Waals surface area contributed by atoms with Gasteiger partial charge in [0.2, 0.25) is 0 Å². The summed E-state index contributed by atoms with van der Waals surface area (Å²) in [5.41, 5.74) is 3.94. The van der Waals surface area contributed by atoms with Gasteiger partial charge in [-0.05, 0) is 17.7 Å². The Morgan fingerprint density at radius 2 is 2.06 bits per heavy atom. The minimum Gasteiger partial charge on any atom is -0.497 e. The lowest BCUT2D eigenvalue weighted by atomic mass is 10.0. The molecule has 0 saturated carbocycles. The minimum absolute atomic E-state index is 0.0341. The maximum atomic E-state index is 12.6. The van der Waals surface area contributed by atoms with Crippen molar-refractivity contribution in [2.45, 2.75) is 12.7 Å². The van der Waals surface area contributed by atoms with Crippen LogP contribution in [0.5, 0.6) is 5.75 Å². The molecule has 6 heteroatoms. The molecule has 3 nitrogen and oxygen atoms in total. The van der Waals surface area contributed by atoms with E-state index in [9.17, 15) is 13.2 Å². The number of nitriles is 1. The molecule has 0 aliphatic heterocycles. The molecule has 0 aliphatic rings. The summed E-state index contributed by atoms with van der Waals surface area (Å²) in [5, 5.41) is 8.71. The highest BCUT2D eigenvalue weighted by Gasteiger charge is 2.35. The fraction of sp³-hybridized carbons (Fsp3) is 0.300. The molecule has 1 aromatic rings. The van der Waals surface area contributed by atoms with E-state index in [-0.39, 0.29) is 17.9 Å². The summed E-state index contributed by atoms with van der Waals surface area (Å²) < 4.78 is 42.6. The van der Waals surface area contributed by atoms with Gasteiger partial charge in [-0.15, -0.1) is 0 Å². The number of rotatable bonds is 2. The Balaban J connectivity index is 3.51. The summed E-state index contributed by atoms with van der Waals surface area (Å²) in [6, 6.07) is 3.63. The van der Waals surface area contributed by atoms with Gasteiger partial charge in [0.1, 0.15) is 11.8 Å². The average molecular weight is 230 g/mol. The molecule has 0 radical (unpaired) electrons. The molecule has 2 N–H and O–H groups in total. The van der Waals surface area contributed by atoms with Crippen molar-refractivity contribution >= 4 is 0 Å². The van der Waals surface area contributed by atoms with Crippen LogP contribution in [0.25, 0.3) is 0 Å². The number of nitrogens with zero attached hydrogens (tertiary/aromatic N) is 1. The minimum atomic E-state index is -4.59. The summed E-state index contributed by atoms with van der Waals surface area (Å²) in [6.07, 6.45) is -4.59.